The third-order valence-electron chi connectivity index (χ3n) is 5.35. The number of hydrogen-bond acceptors (Lipinski definition) is 8. The Morgan fingerprint density at radius 1 is 1.24 bits per heavy atom. The van der Waals surface area contributed by atoms with Gasteiger partial charge in [-0.15, -0.1) is 0 Å². The Morgan fingerprint density at radius 2 is 2.09 bits per heavy atom. The lowest BCUT2D eigenvalue weighted by molar-refractivity contribution is -0.168. The van der Waals surface area contributed by atoms with Gasteiger partial charge >= 0.3 is 5.97 Å². The molecule has 0 spiro atoms. The van der Waals surface area contributed by atoms with Gasteiger partial charge in [0.1, 0.15) is 17.0 Å². The maximum atomic E-state index is 15.0. The fraction of sp³-hybridized carbons (Fsp3) is 0.375. The van der Waals surface area contributed by atoms with Crippen molar-refractivity contribution in [1.29, 1.82) is 0 Å². The average Bonchev–Trinajstić information content (AvgIpc) is 2.85. The standard InChI is InChI=1S/C24H25FN2O7/c1-30-13-34-18-11-14(12-33-19-8-3-4-9-32-19)10-17-22(18)27-21(23(26-17)31-2)15-6-5-7-16(20(15)25)24(28)29/h5-7,10-11,19H,3-4,8-9,12-13H2,1-2H3,(H,28,29). The minimum absolute atomic E-state index is 0.0420. The Bertz CT molecular complexity index is 1180. The van der Waals surface area contributed by atoms with Crippen molar-refractivity contribution in [2.24, 2.45) is 0 Å². The van der Waals surface area contributed by atoms with Gasteiger partial charge in [0.2, 0.25) is 5.88 Å². The van der Waals surface area contributed by atoms with Crippen molar-refractivity contribution in [2.75, 3.05) is 27.6 Å². The van der Waals surface area contributed by atoms with Crippen molar-refractivity contribution >= 4 is 17.0 Å². The lowest BCUT2D eigenvalue weighted by atomic mass is 10.1. The lowest BCUT2D eigenvalue weighted by Gasteiger charge is -2.23. The first-order valence-electron chi connectivity index (χ1n) is 10.8. The number of benzene rings is 2. The molecule has 0 saturated carbocycles. The molecule has 1 unspecified atom stereocenters. The Morgan fingerprint density at radius 3 is 2.79 bits per heavy atom. The third-order valence-corrected chi connectivity index (χ3v) is 5.35. The molecule has 2 heterocycles. The van der Waals surface area contributed by atoms with Crippen LogP contribution < -0.4 is 9.47 Å². The first-order valence-corrected chi connectivity index (χ1v) is 10.8. The van der Waals surface area contributed by atoms with Crippen LogP contribution in [0.15, 0.2) is 30.3 Å². The summed E-state index contributed by atoms with van der Waals surface area (Å²) < 4.78 is 42.6. The molecule has 1 fully saturated rings. The zero-order valence-corrected chi connectivity index (χ0v) is 18.9. The number of carboxylic acid groups (broad SMARTS) is 1. The van der Waals surface area contributed by atoms with Crippen LogP contribution in [0.4, 0.5) is 4.39 Å². The molecule has 0 radical (unpaired) electrons. The van der Waals surface area contributed by atoms with Gasteiger partial charge < -0.3 is 28.8 Å². The van der Waals surface area contributed by atoms with E-state index in [0.717, 1.165) is 24.8 Å². The fourth-order valence-electron chi connectivity index (χ4n) is 3.71. The van der Waals surface area contributed by atoms with Crippen molar-refractivity contribution in [3.05, 3.63) is 47.3 Å². The number of aromatic carboxylic acids is 1. The zero-order chi connectivity index (χ0) is 24.1. The number of rotatable bonds is 9. The first kappa shape index (κ1) is 23.8. The molecule has 3 aromatic rings. The number of ether oxygens (including phenoxy) is 5. The summed E-state index contributed by atoms with van der Waals surface area (Å²) in [5, 5.41) is 9.29. The largest absolute Gasteiger partial charge is 0.479 e. The molecule has 1 aromatic heterocycles. The zero-order valence-electron chi connectivity index (χ0n) is 18.9. The monoisotopic (exact) mass is 472 g/mol. The van der Waals surface area contributed by atoms with Gasteiger partial charge in [-0.05, 0) is 49.1 Å². The topological polar surface area (TPSA) is 109 Å². The van der Waals surface area contributed by atoms with E-state index in [1.807, 2.05) is 0 Å². The number of methoxy groups -OCH3 is 2. The predicted molar refractivity (Wildman–Crippen MR) is 119 cm³/mol. The van der Waals surface area contributed by atoms with Crippen LogP contribution in [-0.4, -0.2) is 55.0 Å². The number of aromatic nitrogens is 2. The molecular weight excluding hydrogens is 447 g/mol. The molecule has 0 amide bonds. The van der Waals surface area contributed by atoms with Crippen LogP contribution in [0.25, 0.3) is 22.3 Å². The van der Waals surface area contributed by atoms with E-state index in [1.54, 1.807) is 12.1 Å². The molecule has 34 heavy (non-hydrogen) atoms. The van der Waals surface area contributed by atoms with Crippen LogP contribution in [0.5, 0.6) is 11.6 Å². The van der Waals surface area contributed by atoms with Gasteiger partial charge in [0, 0.05) is 19.3 Å². The lowest BCUT2D eigenvalue weighted by Crippen LogP contribution is -2.22. The molecule has 1 aliphatic heterocycles. The highest BCUT2D eigenvalue weighted by Crippen LogP contribution is 2.35. The molecule has 1 aliphatic rings. The van der Waals surface area contributed by atoms with E-state index in [9.17, 15) is 14.3 Å². The van der Waals surface area contributed by atoms with Gasteiger partial charge in [-0.25, -0.2) is 19.2 Å². The molecule has 10 heteroatoms. The maximum absolute atomic E-state index is 15.0. The highest BCUT2D eigenvalue weighted by Gasteiger charge is 2.22. The summed E-state index contributed by atoms with van der Waals surface area (Å²) in [6.45, 7) is 0.901. The number of halogens is 1. The summed E-state index contributed by atoms with van der Waals surface area (Å²) in [6, 6.07) is 7.56. The van der Waals surface area contributed by atoms with E-state index >= 15 is 0 Å². The number of hydrogen-bond donors (Lipinski definition) is 1. The number of carbonyl (C=O) groups is 1. The Kier molecular flexibility index (Phi) is 7.51. The molecule has 1 atom stereocenters. The number of carboxylic acids is 1. The third kappa shape index (κ3) is 5.09. The van der Waals surface area contributed by atoms with Gasteiger partial charge in [0.15, 0.2) is 18.8 Å². The average molecular weight is 472 g/mol. The maximum Gasteiger partial charge on any atom is 0.338 e. The second kappa shape index (κ2) is 10.7. The Labute approximate surface area is 195 Å². The van der Waals surface area contributed by atoms with Crippen molar-refractivity contribution in [1.82, 2.24) is 9.97 Å². The predicted octanol–water partition coefficient (Wildman–Crippen LogP) is 4.17. The van der Waals surface area contributed by atoms with Crippen LogP contribution in [0.2, 0.25) is 0 Å². The van der Waals surface area contributed by atoms with E-state index < -0.39 is 17.3 Å². The van der Waals surface area contributed by atoms with Gasteiger partial charge in [-0.2, -0.15) is 0 Å². The second-order valence-corrected chi connectivity index (χ2v) is 7.67. The SMILES string of the molecule is COCOc1cc(COC2CCCCO2)cc2nc(OC)c(-c3cccc(C(=O)O)c3F)nc12. The van der Waals surface area contributed by atoms with E-state index in [0.29, 0.717) is 23.4 Å². The van der Waals surface area contributed by atoms with E-state index in [4.69, 9.17) is 23.7 Å². The smallest absolute Gasteiger partial charge is 0.338 e. The highest BCUT2D eigenvalue weighted by molar-refractivity contribution is 5.91. The minimum Gasteiger partial charge on any atom is -0.479 e. The highest BCUT2D eigenvalue weighted by atomic mass is 19.1. The van der Waals surface area contributed by atoms with E-state index in [-0.39, 0.29) is 36.8 Å². The number of fused-ring (bicyclic) bond motifs is 1. The second-order valence-electron chi connectivity index (χ2n) is 7.67. The van der Waals surface area contributed by atoms with Crippen molar-refractivity contribution in [3.8, 4) is 22.9 Å². The van der Waals surface area contributed by atoms with Crippen LogP contribution in [0, 0.1) is 5.82 Å². The van der Waals surface area contributed by atoms with Gasteiger partial charge in [-0.1, -0.05) is 6.07 Å². The van der Waals surface area contributed by atoms with Gasteiger partial charge in [-0.3, -0.25) is 0 Å². The van der Waals surface area contributed by atoms with Crippen LogP contribution >= 0.6 is 0 Å². The normalized spacial score (nSPS) is 15.9. The molecule has 9 nitrogen and oxygen atoms in total. The molecule has 1 saturated heterocycles. The van der Waals surface area contributed by atoms with Crippen LogP contribution in [0.3, 0.4) is 0 Å². The van der Waals surface area contributed by atoms with E-state index in [1.165, 1.54) is 32.4 Å². The summed E-state index contributed by atoms with van der Waals surface area (Å²) >= 11 is 0. The molecule has 1 N–H and O–H groups in total. The summed E-state index contributed by atoms with van der Waals surface area (Å²) in [6.07, 6.45) is 2.65. The van der Waals surface area contributed by atoms with Crippen molar-refractivity contribution in [2.45, 2.75) is 32.2 Å². The molecule has 0 bridgehead atoms. The quantitative estimate of drug-likeness (QED) is 0.459. The fourth-order valence-corrected chi connectivity index (χ4v) is 3.71. The molecule has 0 aliphatic carbocycles. The van der Waals surface area contributed by atoms with E-state index in [2.05, 4.69) is 9.97 Å². The summed E-state index contributed by atoms with van der Waals surface area (Å²) in [5.74, 6) is -1.92. The number of nitrogens with zero attached hydrogens (tertiary/aromatic N) is 2. The summed E-state index contributed by atoms with van der Waals surface area (Å²) in [7, 11) is 2.87. The summed E-state index contributed by atoms with van der Waals surface area (Å²) in [5.41, 5.74) is 1.08. The molecular formula is C24H25FN2O7. The van der Waals surface area contributed by atoms with Crippen molar-refractivity contribution < 1.29 is 38.0 Å². The Balaban J connectivity index is 1.77. The summed E-state index contributed by atoms with van der Waals surface area (Å²) in [4.78, 5) is 20.5. The molecule has 2 aromatic carbocycles. The van der Waals surface area contributed by atoms with Crippen LogP contribution in [0.1, 0.15) is 35.2 Å². The minimum atomic E-state index is -1.39. The first-order chi connectivity index (χ1) is 16.5. The molecule has 4 rings (SSSR count). The molecule has 180 valence electrons. The van der Waals surface area contributed by atoms with Gasteiger partial charge in [0.05, 0.1) is 24.8 Å². The Hall–Kier alpha value is -3.34. The van der Waals surface area contributed by atoms with Crippen molar-refractivity contribution in [3.63, 3.8) is 0 Å². The van der Waals surface area contributed by atoms with Crippen LogP contribution in [-0.2, 0) is 20.8 Å². The van der Waals surface area contributed by atoms with Gasteiger partial charge in [0.25, 0.3) is 0 Å².